The first-order valence-electron chi connectivity index (χ1n) is 8.47. The molecule has 1 amide bonds. The van der Waals surface area contributed by atoms with Crippen LogP contribution < -0.4 is 10.6 Å². The number of amides is 1. The predicted octanol–water partition coefficient (Wildman–Crippen LogP) is 2.36. The van der Waals surface area contributed by atoms with Crippen molar-refractivity contribution in [1.82, 2.24) is 25.3 Å². The maximum atomic E-state index is 11.8. The molecule has 1 heterocycles. The van der Waals surface area contributed by atoms with Gasteiger partial charge in [0.1, 0.15) is 6.54 Å². The van der Waals surface area contributed by atoms with Crippen LogP contribution in [-0.4, -0.2) is 53.7 Å². The van der Waals surface area contributed by atoms with Gasteiger partial charge >= 0.3 is 0 Å². The van der Waals surface area contributed by atoms with Crippen molar-refractivity contribution in [2.24, 2.45) is 4.99 Å². The van der Waals surface area contributed by atoms with Gasteiger partial charge in [0.2, 0.25) is 5.91 Å². The molecular weight excluding hydrogens is 455 g/mol. The van der Waals surface area contributed by atoms with E-state index in [0.717, 1.165) is 11.3 Å². The number of benzene rings is 1. The molecule has 146 valence electrons. The number of aromatic nitrogens is 2. The Hall–Kier alpha value is -2.36. The Labute approximate surface area is 177 Å². The van der Waals surface area contributed by atoms with Crippen LogP contribution >= 0.6 is 24.0 Å². The minimum Gasteiger partial charge on any atom is -0.353 e. The highest BCUT2D eigenvalue weighted by Crippen LogP contribution is 2.16. The average Bonchev–Trinajstić information content (AvgIpc) is 3.18. The van der Waals surface area contributed by atoms with Crippen molar-refractivity contribution in [3.63, 3.8) is 0 Å². The van der Waals surface area contributed by atoms with Crippen molar-refractivity contribution >= 4 is 35.8 Å². The molecule has 0 aliphatic rings. The van der Waals surface area contributed by atoms with Gasteiger partial charge in [0.15, 0.2) is 5.96 Å². The quantitative estimate of drug-likeness (QED) is 0.275. The number of likely N-dealkylation sites (N-methyl/N-ethyl adjacent to an activating group) is 1. The Morgan fingerprint density at radius 3 is 2.81 bits per heavy atom. The predicted molar refractivity (Wildman–Crippen MR) is 120 cm³/mol. The second kappa shape index (κ2) is 11.4. The van der Waals surface area contributed by atoms with Crippen LogP contribution in [0, 0.1) is 0 Å². The number of hydrogen-bond acceptors (Lipinski definition) is 3. The van der Waals surface area contributed by atoms with Gasteiger partial charge in [-0.3, -0.25) is 4.79 Å². The highest BCUT2D eigenvalue weighted by Gasteiger charge is 2.10. The smallest absolute Gasteiger partial charge is 0.243 e. The number of halogens is 1. The standard InChI is InChI=1S/C19H26N6O.HI/c1-5-10-20-19(21-14-18(26)24(3)4)23-15(2)16-8-6-9-17(13-16)25-12-7-11-22-25;/h5-9,11-13,15H,1,10,14H2,2-4H3,(H2,20,21,23);1H. The van der Waals surface area contributed by atoms with Crippen LogP contribution in [0.3, 0.4) is 0 Å². The monoisotopic (exact) mass is 482 g/mol. The summed E-state index contributed by atoms with van der Waals surface area (Å²) >= 11 is 0. The minimum absolute atomic E-state index is 0. The van der Waals surface area contributed by atoms with Crippen LogP contribution in [-0.2, 0) is 4.79 Å². The normalized spacial score (nSPS) is 11.9. The lowest BCUT2D eigenvalue weighted by atomic mass is 10.1. The van der Waals surface area contributed by atoms with Gasteiger partial charge in [0, 0.05) is 33.0 Å². The summed E-state index contributed by atoms with van der Waals surface area (Å²) in [5.41, 5.74) is 2.08. The Bertz CT molecular complexity index is 757. The Morgan fingerprint density at radius 2 is 2.19 bits per heavy atom. The van der Waals surface area contributed by atoms with Crippen LogP contribution in [0.1, 0.15) is 18.5 Å². The summed E-state index contributed by atoms with van der Waals surface area (Å²) in [6.07, 6.45) is 5.40. The molecule has 0 bridgehead atoms. The molecule has 2 N–H and O–H groups in total. The number of nitrogens with one attached hydrogen (secondary N) is 2. The number of nitrogens with zero attached hydrogens (tertiary/aromatic N) is 4. The maximum absolute atomic E-state index is 11.8. The van der Waals surface area contributed by atoms with E-state index in [1.807, 2.05) is 42.1 Å². The summed E-state index contributed by atoms with van der Waals surface area (Å²) in [7, 11) is 3.43. The molecule has 0 aliphatic heterocycles. The molecule has 2 aromatic rings. The maximum Gasteiger partial charge on any atom is 0.243 e. The lowest BCUT2D eigenvalue weighted by molar-refractivity contribution is -0.127. The third-order valence-corrected chi connectivity index (χ3v) is 3.78. The molecule has 0 spiro atoms. The van der Waals surface area contributed by atoms with E-state index in [1.165, 1.54) is 4.90 Å². The van der Waals surface area contributed by atoms with E-state index >= 15 is 0 Å². The van der Waals surface area contributed by atoms with Gasteiger partial charge in [-0.05, 0) is 30.7 Å². The molecule has 7 nitrogen and oxygen atoms in total. The van der Waals surface area contributed by atoms with Gasteiger partial charge in [-0.25, -0.2) is 9.67 Å². The number of hydrogen-bond donors (Lipinski definition) is 2. The van der Waals surface area contributed by atoms with Gasteiger partial charge in [-0.15, -0.1) is 30.6 Å². The third kappa shape index (κ3) is 7.05. The fourth-order valence-corrected chi connectivity index (χ4v) is 2.26. The summed E-state index contributed by atoms with van der Waals surface area (Å²) in [6, 6.07) is 10.00. The number of carbonyl (C=O) groups is 1. The fourth-order valence-electron chi connectivity index (χ4n) is 2.26. The van der Waals surface area contributed by atoms with Gasteiger partial charge < -0.3 is 15.5 Å². The number of guanidine groups is 1. The van der Waals surface area contributed by atoms with Gasteiger partial charge in [0.25, 0.3) is 0 Å². The molecule has 0 fully saturated rings. The van der Waals surface area contributed by atoms with E-state index in [1.54, 1.807) is 26.4 Å². The minimum atomic E-state index is -0.0574. The lowest BCUT2D eigenvalue weighted by Gasteiger charge is -2.19. The highest BCUT2D eigenvalue weighted by atomic mass is 127. The number of rotatable bonds is 7. The van der Waals surface area contributed by atoms with Crippen LogP contribution in [0.5, 0.6) is 0 Å². The average molecular weight is 482 g/mol. The Balaban J connectivity index is 0.00000364. The Morgan fingerprint density at radius 1 is 1.41 bits per heavy atom. The molecule has 0 saturated carbocycles. The number of carbonyl (C=O) groups excluding carboxylic acids is 1. The lowest BCUT2D eigenvalue weighted by Crippen LogP contribution is -2.39. The zero-order chi connectivity index (χ0) is 18.9. The molecule has 1 atom stereocenters. The van der Waals surface area contributed by atoms with Crippen molar-refractivity contribution < 1.29 is 4.79 Å². The first-order valence-corrected chi connectivity index (χ1v) is 8.47. The van der Waals surface area contributed by atoms with Crippen LogP contribution in [0.15, 0.2) is 60.4 Å². The molecule has 8 heteroatoms. The number of aliphatic imine (C=N–C) groups is 1. The van der Waals surface area contributed by atoms with E-state index in [-0.39, 0.29) is 42.5 Å². The third-order valence-electron chi connectivity index (χ3n) is 3.78. The van der Waals surface area contributed by atoms with Crippen molar-refractivity contribution in [3.8, 4) is 5.69 Å². The molecule has 1 aromatic heterocycles. The highest BCUT2D eigenvalue weighted by molar-refractivity contribution is 14.0. The first kappa shape index (κ1) is 22.7. The van der Waals surface area contributed by atoms with Crippen molar-refractivity contribution in [2.75, 3.05) is 27.2 Å². The van der Waals surface area contributed by atoms with Gasteiger partial charge in [-0.1, -0.05) is 18.2 Å². The second-order valence-corrected chi connectivity index (χ2v) is 6.03. The molecular formula is C19H27IN6O. The Kier molecular flexibility index (Phi) is 9.55. The van der Waals surface area contributed by atoms with Crippen molar-refractivity contribution in [3.05, 3.63) is 60.9 Å². The first-order chi connectivity index (χ1) is 12.5. The summed E-state index contributed by atoms with van der Waals surface area (Å²) in [4.78, 5) is 17.7. The summed E-state index contributed by atoms with van der Waals surface area (Å²) in [6.45, 7) is 6.39. The fraction of sp³-hybridized carbons (Fsp3) is 0.316. The molecule has 0 radical (unpaired) electrons. The SMILES string of the molecule is C=CCNC(=NCC(=O)N(C)C)NC(C)c1cccc(-n2cccn2)c1.I. The van der Waals surface area contributed by atoms with Gasteiger partial charge in [0.05, 0.1) is 11.7 Å². The largest absolute Gasteiger partial charge is 0.353 e. The zero-order valence-corrected chi connectivity index (χ0v) is 18.3. The van der Waals surface area contributed by atoms with E-state index in [4.69, 9.17) is 0 Å². The van der Waals surface area contributed by atoms with Crippen molar-refractivity contribution in [2.45, 2.75) is 13.0 Å². The summed E-state index contributed by atoms with van der Waals surface area (Å²) < 4.78 is 1.82. The second-order valence-electron chi connectivity index (χ2n) is 6.03. The van der Waals surface area contributed by atoms with Crippen LogP contribution in [0.4, 0.5) is 0 Å². The molecule has 0 aliphatic carbocycles. The molecule has 27 heavy (non-hydrogen) atoms. The molecule has 2 rings (SSSR count). The van der Waals surface area contributed by atoms with E-state index < -0.39 is 0 Å². The zero-order valence-electron chi connectivity index (χ0n) is 15.9. The van der Waals surface area contributed by atoms with E-state index in [0.29, 0.717) is 12.5 Å². The van der Waals surface area contributed by atoms with E-state index in [9.17, 15) is 4.79 Å². The molecule has 1 unspecified atom stereocenters. The van der Waals surface area contributed by atoms with Crippen LogP contribution in [0.25, 0.3) is 5.69 Å². The van der Waals surface area contributed by atoms with Crippen molar-refractivity contribution in [1.29, 1.82) is 0 Å². The molecule has 0 saturated heterocycles. The van der Waals surface area contributed by atoms with Gasteiger partial charge in [-0.2, -0.15) is 5.10 Å². The topological polar surface area (TPSA) is 74.6 Å². The summed E-state index contributed by atoms with van der Waals surface area (Å²) in [5, 5.41) is 10.7. The van der Waals surface area contributed by atoms with E-state index in [2.05, 4.69) is 33.4 Å². The molecule has 1 aromatic carbocycles. The van der Waals surface area contributed by atoms with Crippen LogP contribution in [0.2, 0.25) is 0 Å². The summed E-state index contributed by atoms with van der Waals surface area (Å²) in [5.74, 6) is 0.509.